The molecule has 1 unspecified atom stereocenters. The van der Waals surface area contributed by atoms with Crippen molar-refractivity contribution < 1.29 is 22.3 Å². The Hall–Kier alpha value is -1.38. The van der Waals surface area contributed by atoms with Gasteiger partial charge in [-0.15, -0.1) is 0 Å². The molecule has 1 aliphatic heterocycles. The van der Waals surface area contributed by atoms with Crippen LogP contribution in [0.3, 0.4) is 0 Å². The number of amides is 1. The zero-order valence-corrected chi connectivity index (χ0v) is 15.1. The highest BCUT2D eigenvalue weighted by Crippen LogP contribution is 2.29. The smallest absolute Gasteiger partial charge is 0.265 e. The Bertz CT molecular complexity index is 710. The molecule has 6 nitrogen and oxygen atoms in total. The molecular formula is C15H20ClFN2O4S. The minimum atomic E-state index is -4.26. The Morgan fingerprint density at radius 2 is 2.12 bits per heavy atom. The lowest BCUT2D eigenvalue weighted by molar-refractivity contribution is -0.148. The van der Waals surface area contributed by atoms with E-state index in [0.717, 1.165) is 25.0 Å². The van der Waals surface area contributed by atoms with E-state index < -0.39 is 32.2 Å². The van der Waals surface area contributed by atoms with E-state index in [2.05, 4.69) is 5.32 Å². The van der Waals surface area contributed by atoms with Crippen LogP contribution in [0.4, 0.5) is 10.1 Å². The van der Waals surface area contributed by atoms with Crippen molar-refractivity contribution in [3.05, 3.63) is 23.0 Å². The SMILES string of the molecule is CCNc1c(F)cc(S(=O)(=O)NC(=O)C2(C)CCCCO2)cc1Cl. The van der Waals surface area contributed by atoms with E-state index in [9.17, 15) is 17.6 Å². The molecule has 0 aliphatic carbocycles. The minimum Gasteiger partial charge on any atom is -0.382 e. The average Bonchev–Trinajstić information content (AvgIpc) is 2.51. The van der Waals surface area contributed by atoms with Gasteiger partial charge in [0.05, 0.1) is 15.6 Å². The van der Waals surface area contributed by atoms with E-state index in [0.29, 0.717) is 19.6 Å². The fourth-order valence-electron chi connectivity index (χ4n) is 2.45. The number of hydrogen-bond donors (Lipinski definition) is 2. The molecule has 2 N–H and O–H groups in total. The fraction of sp³-hybridized carbons (Fsp3) is 0.533. The summed E-state index contributed by atoms with van der Waals surface area (Å²) < 4.78 is 46.2. The van der Waals surface area contributed by atoms with E-state index in [-0.39, 0.29) is 10.7 Å². The molecule has 1 aromatic rings. The third-order valence-corrected chi connectivity index (χ3v) is 5.46. The quantitative estimate of drug-likeness (QED) is 0.822. The maximum atomic E-state index is 14.0. The number of carbonyl (C=O) groups excluding carboxylic acids is 1. The molecule has 9 heteroatoms. The Balaban J connectivity index is 2.26. The van der Waals surface area contributed by atoms with E-state index in [1.807, 2.05) is 4.72 Å². The number of benzene rings is 1. The fourth-order valence-corrected chi connectivity index (χ4v) is 3.90. The summed E-state index contributed by atoms with van der Waals surface area (Å²) in [5, 5.41) is 2.63. The molecule has 1 aromatic carbocycles. The first-order valence-electron chi connectivity index (χ1n) is 7.64. The molecular weight excluding hydrogens is 359 g/mol. The number of hydrogen-bond acceptors (Lipinski definition) is 5. The number of anilines is 1. The highest BCUT2D eigenvalue weighted by atomic mass is 35.5. The Kier molecular flexibility index (Phi) is 5.72. The number of ether oxygens (including phenoxy) is 1. The molecule has 134 valence electrons. The van der Waals surface area contributed by atoms with Crippen LogP contribution in [0.5, 0.6) is 0 Å². The highest BCUT2D eigenvalue weighted by molar-refractivity contribution is 7.90. The molecule has 0 radical (unpaired) electrons. The largest absolute Gasteiger partial charge is 0.382 e. The zero-order chi connectivity index (χ0) is 18.0. The number of halogens is 2. The van der Waals surface area contributed by atoms with Gasteiger partial charge in [-0.1, -0.05) is 11.6 Å². The van der Waals surface area contributed by atoms with Gasteiger partial charge in [-0.3, -0.25) is 4.79 Å². The van der Waals surface area contributed by atoms with Gasteiger partial charge in [0.2, 0.25) is 0 Å². The first-order valence-corrected chi connectivity index (χ1v) is 9.50. The Morgan fingerprint density at radius 3 is 2.67 bits per heavy atom. The summed E-state index contributed by atoms with van der Waals surface area (Å²) >= 11 is 5.93. The third kappa shape index (κ3) is 3.99. The summed E-state index contributed by atoms with van der Waals surface area (Å²) in [6.07, 6.45) is 2.01. The highest BCUT2D eigenvalue weighted by Gasteiger charge is 2.38. The number of sulfonamides is 1. The van der Waals surface area contributed by atoms with Crippen molar-refractivity contribution in [1.82, 2.24) is 4.72 Å². The second-order valence-corrected chi connectivity index (χ2v) is 7.85. The van der Waals surface area contributed by atoms with Gasteiger partial charge in [0.25, 0.3) is 15.9 Å². The minimum absolute atomic E-state index is 0.0204. The van der Waals surface area contributed by atoms with E-state index in [1.54, 1.807) is 13.8 Å². The van der Waals surface area contributed by atoms with Crippen LogP contribution in [-0.2, 0) is 19.6 Å². The van der Waals surface area contributed by atoms with Crippen LogP contribution in [-0.4, -0.2) is 33.1 Å². The molecule has 1 heterocycles. The van der Waals surface area contributed by atoms with Gasteiger partial charge in [-0.05, 0) is 45.2 Å². The van der Waals surface area contributed by atoms with E-state index in [1.165, 1.54) is 0 Å². The Morgan fingerprint density at radius 1 is 1.42 bits per heavy atom. The van der Waals surface area contributed by atoms with Gasteiger partial charge in [-0.25, -0.2) is 17.5 Å². The van der Waals surface area contributed by atoms with Crippen LogP contribution < -0.4 is 10.0 Å². The summed E-state index contributed by atoms with van der Waals surface area (Å²) in [5.41, 5.74) is -1.19. The van der Waals surface area contributed by atoms with Gasteiger partial charge in [-0.2, -0.15) is 0 Å². The first-order chi connectivity index (χ1) is 11.2. The van der Waals surface area contributed by atoms with Gasteiger partial charge in [0, 0.05) is 13.2 Å². The lowest BCUT2D eigenvalue weighted by Gasteiger charge is -2.32. The van der Waals surface area contributed by atoms with Crippen LogP contribution in [0.25, 0.3) is 0 Å². The van der Waals surface area contributed by atoms with Crippen LogP contribution in [0, 0.1) is 5.82 Å². The molecule has 2 rings (SSSR count). The van der Waals surface area contributed by atoms with Gasteiger partial charge < -0.3 is 10.1 Å². The summed E-state index contributed by atoms with van der Waals surface area (Å²) in [6, 6.07) is 1.92. The van der Waals surface area contributed by atoms with Crippen molar-refractivity contribution in [2.75, 3.05) is 18.5 Å². The lowest BCUT2D eigenvalue weighted by Crippen LogP contribution is -2.50. The van der Waals surface area contributed by atoms with Gasteiger partial charge >= 0.3 is 0 Å². The first kappa shape index (κ1) is 19.0. The third-order valence-electron chi connectivity index (χ3n) is 3.86. The number of rotatable bonds is 5. The topological polar surface area (TPSA) is 84.5 Å². The Labute approximate surface area is 145 Å². The summed E-state index contributed by atoms with van der Waals surface area (Å²) in [6.45, 7) is 4.11. The molecule has 1 atom stereocenters. The zero-order valence-electron chi connectivity index (χ0n) is 13.5. The van der Waals surface area contributed by atoms with Crippen LogP contribution >= 0.6 is 11.6 Å². The van der Waals surface area contributed by atoms with Crippen LogP contribution in [0.15, 0.2) is 17.0 Å². The number of nitrogens with one attached hydrogen (secondary N) is 2. The summed E-state index contributed by atoms with van der Waals surface area (Å²) in [5.74, 6) is -1.58. The molecule has 24 heavy (non-hydrogen) atoms. The summed E-state index contributed by atoms with van der Waals surface area (Å²) in [7, 11) is -4.26. The predicted molar refractivity (Wildman–Crippen MR) is 89.1 cm³/mol. The molecule has 0 bridgehead atoms. The average molecular weight is 379 g/mol. The van der Waals surface area contributed by atoms with Crippen molar-refractivity contribution in [2.45, 2.75) is 43.6 Å². The molecule has 0 spiro atoms. The van der Waals surface area contributed by atoms with Gasteiger partial charge in [0.1, 0.15) is 11.4 Å². The van der Waals surface area contributed by atoms with Crippen LogP contribution in [0.1, 0.15) is 33.1 Å². The molecule has 1 amide bonds. The molecule has 0 aromatic heterocycles. The maximum absolute atomic E-state index is 14.0. The van der Waals surface area contributed by atoms with Crippen molar-refractivity contribution in [1.29, 1.82) is 0 Å². The molecule has 0 saturated carbocycles. The van der Waals surface area contributed by atoms with E-state index in [4.69, 9.17) is 16.3 Å². The molecule has 1 aliphatic rings. The summed E-state index contributed by atoms with van der Waals surface area (Å²) in [4.78, 5) is 11.9. The lowest BCUT2D eigenvalue weighted by atomic mass is 9.95. The standard InChI is InChI=1S/C15H20ClFN2O4S/c1-3-18-13-11(16)8-10(9-12(13)17)24(21,22)19-14(20)15(2)6-4-5-7-23-15/h8-9,18H,3-7H2,1-2H3,(H,19,20). The normalized spacial score (nSPS) is 21.3. The van der Waals surface area contributed by atoms with Crippen molar-refractivity contribution >= 4 is 33.2 Å². The van der Waals surface area contributed by atoms with Gasteiger partial charge in [0.15, 0.2) is 0 Å². The van der Waals surface area contributed by atoms with Crippen molar-refractivity contribution in [2.24, 2.45) is 0 Å². The second kappa shape index (κ2) is 7.25. The number of carbonyl (C=O) groups is 1. The van der Waals surface area contributed by atoms with E-state index >= 15 is 0 Å². The second-order valence-electron chi connectivity index (χ2n) is 5.76. The maximum Gasteiger partial charge on any atom is 0.265 e. The predicted octanol–water partition coefficient (Wildman–Crippen LogP) is 2.68. The van der Waals surface area contributed by atoms with Crippen LogP contribution in [0.2, 0.25) is 5.02 Å². The van der Waals surface area contributed by atoms with Crippen molar-refractivity contribution in [3.63, 3.8) is 0 Å². The molecule has 1 saturated heterocycles. The monoisotopic (exact) mass is 378 g/mol. The van der Waals surface area contributed by atoms with Crippen molar-refractivity contribution in [3.8, 4) is 0 Å². The molecule has 1 fully saturated rings.